The van der Waals surface area contributed by atoms with Crippen LogP contribution in [0, 0.1) is 5.92 Å². The Morgan fingerprint density at radius 3 is 2.89 bits per heavy atom. The third-order valence-corrected chi connectivity index (χ3v) is 4.18. The molecule has 2 N–H and O–H groups in total. The van der Waals surface area contributed by atoms with Gasteiger partial charge in [-0.15, -0.1) is 0 Å². The molecule has 2 bridgehead atoms. The number of carbonyl (C=O) groups is 1. The van der Waals surface area contributed by atoms with Gasteiger partial charge >= 0.3 is 5.97 Å². The number of anilines is 2. The Kier molecular flexibility index (Phi) is 2.65. The highest BCUT2D eigenvalue weighted by molar-refractivity contribution is 5.96. The van der Waals surface area contributed by atoms with Gasteiger partial charge in [-0.05, 0) is 43.4 Å². The lowest BCUT2D eigenvalue weighted by Gasteiger charge is -2.29. The fourth-order valence-electron chi connectivity index (χ4n) is 3.25. The van der Waals surface area contributed by atoms with Crippen molar-refractivity contribution in [2.45, 2.75) is 25.3 Å². The summed E-state index contributed by atoms with van der Waals surface area (Å²) in [6, 6.07) is 6.31. The van der Waals surface area contributed by atoms with Crippen LogP contribution in [0.15, 0.2) is 18.2 Å². The molecule has 2 unspecified atom stereocenters. The summed E-state index contributed by atoms with van der Waals surface area (Å²) in [5.74, 6) is 0.466. The van der Waals surface area contributed by atoms with Gasteiger partial charge in [0.05, 0.1) is 12.7 Å². The Morgan fingerprint density at radius 2 is 2.28 bits per heavy atom. The van der Waals surface area contributed by atoms with E-state index in [1.165, 1.54) is 26.4 Å². The van der Waals surface area contributed by atoms with Crippen molar-refractivity contribution in [3.05, 3.63) is 23.8 Å². The number of nitrogens with zero attached hydrogens (tertiary/aromatic N) is 1. The van der Waals surface area contributed by atoms with Crippen molar-refractivity contribution in [3.8, 4) is 0 Å². The molecule has 4 heteroatoms. The van der Waals surface area contributed by atoms with Crippen LogP contribution >= 0.6 is 0 Å². The minimum Gasteiger partial charge on any atom is -0.465 e. The van der Waals surface area contributed by atoms with Crippen LogP contribution in [-0.2, 0) is 4.74 Å². The summed E-state index contributed by atoms with van der Waals surface area (Å²) in [6.07, 6.45) is 3.90. The van der Waals surface area contributed by atoms with Gasteiger partial charge in [0.15, 0.2) is 0 Å². The summed E-state index contributed by atoms with van der Waals surface area (Å²) in [5, 5.41) is 0. The summed E-state index contributed by atoms with van der Waals surface area (Å²) in [6.45, 7) is 1.11. The molecule has 0 spiro atoms. The van der Waals surface area contributed by atoms with Crippen LogP contribution < -0.4 is 10.6 Å². The maximum Gasteiger partial charge on any atom is 0.340 e. The summed E-state index contributed by atoms with van der Waals surface area (Å²) >= 11 is 0. The molecular formula is C14H18N2O2. The van der Waals surface area contributed by atoms with Crippen LogP contribution in [0.4, 0.5) is 11.4 Å². The lowest BCUT2D eigenvalue weighted by Crippen LogP contribution is -2.32. The molecule has 1 saturated carbocycles. The summed E-state index contributed by atoms with van der Waals surface area (Å²) in [7, 11) is 1.38. The van der Waals surface area contributed by atoms with E-state index in [4.69, 9.17) is 10.5 Å². The standard InChI is InChI=1S/C14H18N2O2/c1-18-14(17)12-7-11(4-5-13(12)15)16-8-9-2-3-10(16)6-9/h4-5,7,9-10H,2-3,6,8,15H2,1H3. The molecule has 3 rings (SSSR count). The van der Waals surface area contributed by atoms with Crippen LogP contribution in [0.2, 0.25) is 0 Å². The molecule has 0 aromatic heterocycles. The smallest absolute Gasteiger partial charge is 0.340 e. The Bertz CT molecular complexity index is 487. The van der Waals surface area contributed by atoms with Gasteiger partial charge in [-0.25, -0.2) is 4.79 Å². The molecule has 1 aliphatic heterocycles. The van der Waals surface area contributed by atoms with E-state index < -0.39 is 0 Å². The van der Waals surface area contributed by atoms with Gasteiger partial charge in [-0.3, -0.25) is 0 Å². The third kappa shape index (κ3) is 1.72. The number of hydrogen-bond acceptors (Lipinski definition) is 4. The topological polar surface area (TPSA) is 55.6 Å². The zero-order valence-electron chi connectivity index (χ0n) is 10.6. The van der Waals surface area contributed by atoms with Crippen molar-refractivity contribution in [2.75, 3.05) is 24.3 Å². The first-order chi connectivity index (χ1) is 8.69. The molecule has 96 valence electrons. The number of methoxy groups -OCH3 is 1. The largest absolute Gasteiger partial charge is 0.465 e. The van der Waals surface area contributed by atoms with E-state index in [-0.39, 0.29) is 5.97 Å². The lowest BCUT2D eigenvalue weighted by atomic mass is 10.1. The minimum atomic E-state index is -0.362. The van der Waals surface area contributed by atoms with Crippen LogP contribution in [-0.4, -0.2) is 25.7 Å². The van der Waals surface area contributed by atoms with E-state index >= 15 is 0 Å². The second kappa shape index (κ2) is 4.19. The predicted octanol–water partition coefficient (Wildman–Crippen LogP) is 2.04. The molecular weight excluding hydrogens is 228 g/mol. The van der Waals surface area contributed by atoms with E-state index in [1.807, 2.05) is 12.1 Å². The number of hydrogen-bond donors (Lipinski definition) is 1. The van der Waals surface area contributed by atoms with Crippen molar-refractivity contribution >= 4 is 17.3 Å². The average molecular weight is 246 g/mol. The minimum absolute atomic E-state index is 0.362. The SMILES string of the molecule is COC(=O)c1cc(N2CC3CCC2C3)ccc1N. The number of esters is 1. The van der Waals surface area contributed by atoms with Gasteiger partial charge in [0.1, 0.15) is 0 Å². The molecule has 0 amide bonds. The fraction of sp³-hybridized carbons (Fsp3) is 0.500. The molecule has 1 aliphatic carbocycles. The number of ether oxygens (including phenoxy) is 1. The molecule has 2 aliphatic rings. The second-order valence-corrected chi connectivity index (χ2v) is 5.25. The first-order valence-corrected chi connectivity index (χ1v) is 6.43. The van der Waals surface area contributed by atoms with Crippen molar-refractivity contribution < 1.29 is 9.53 Å². The van der Waals surface area contributed by atoms with Crippen molar-refractivity contribution in [2.24, 2.45) is 5.92 Å². The Labute approximate surface area is 107 Å². The van der Waals surface area contributed by atoms with Gasteiger partial charge in [-0.2, -0.15) is 0 Å². The van der Waals surface area contributed by atoms with E-state index in [9.17, 15) is 4.79 Å². The molecule has 0 radical (unpaired) electrons. The van der Waals surface area contributed by atoms with Crippen LogP contribution in [0.1, 0.15) is 29.6 Å². The average Bonchev–Trinajstić information content (AvgIpc) is 3.00. The Hall–Kier alpha value is -1.71. The molecule has 1 saturated heterocycles. The summed E-state index contributed by atoms with van der Waals surface area (Å²) < 4.78 is 4.76. The Balaban J connectivity index is 1.91. The van der Waals surface area contributed by atoms with Gasteiger partial charge in [-0.1, -0.05) is 0 Å². The van der Waals surface area contributed by atoms with Crippen LogP contribution in [0.25, 0.3) is 0 Å². The number of piperidine rings is 1. The zero-order valence-corrected chi connectivity index (χ0v) is 10.6. The third-order valence-electron chi connectivity index (χ3n) is 4.18. The first-order valence-electron chi connectivity index (χ1n) is 6.43. The van der Waals surface area contributed by atoms with Crippen molar-refractivity contribution in [3.63, 3.8) is 0 Å². The van der Waals surface area contributed by atoms with Crippen molar-refractivity contribution in [1.82, 2.24) is 0 Å². The lowest BCUT2D eigenvalue weighted by molar-refractivity contribution is 0.0602. The molecule has 2 atom stereocenters. The Morgan fingerprint density at radius 1 is 1.44 bits per heavy atom. The molecule has 18 heavy (non-hydrogen) atoms. The maximum atomic E-state index is 11.6. The van der Waals surface area contributed by atoms with Crippen molar-refractivity contribution in [1.29, 1.82) is 0 Å². The quantitative estimate of drug-likeness (QED) is 0.641. The highest BCUT2D eigenvalue weighted by Gasteiger charge is 2.37. The molecule has 1 aromatic rings. The molecule has 2 fully saturated rings. The first kappa shape index (κ1) is 11.4. The van der Waals surface area contributed by atoms with Gasteiger partial charge in [0, 0.05) is 24.0 Å². The highest BCUT2D eigenvalue weighted by atomic mass is 16.5. The second-order valence-electron chi connectivity index (χ2n) is 5.25. The molecule has 4 nitrogen and oxygen atoms in total. The van der Waals surface area contributed by atoms with E-state index in [0.29, 0.717) is 17.3 Å². The number of rotatable bonds is 2. The van der Waals surface area contributed by atoms with Crippen LogP contribution in [0.5, 0.6) is 0 Å². The monoisotopic (exact) mass is 246 g/mol. The normalized spacial score (nSPS) is 25.5. The number of fused-ring (bicyclic) bond motifs is 2. The summed E-state index contributed by atoms with van der Waals surface area (Å²) in [5.41, 5.74) is 7.87. The van der Waals surface area contributed by atoms with E-state index in [2.05, 4.69) is 4.90 Å². The van der Waals surface area contributed by atoms with Crippen LogP contribution in [0.3, 0.4) is 0 Å². The van der Waals surface area contributed by atoms with Gasteiger partial charge in [0.2, 0.25) is 0 Å². The van der Waals surface area contributed by atoms with Gasteiger partial charge < -0.3 is 15.4 Å². The molecule has 1 heterocycles. The number of benzene rings is 1. The number of nitrogens with two attached hydrogens (primary N) is 1. The van der Waals surface area contributed by atoms with E-state index in [1.54, 1.807) is 6.07 Å². The number of carbonyl (C=O) groups excluding carboxylic acids is 1. The predicted molar refractivity (Wildman–Crippen MR) is 70.7 cm³/mol. The molecule has 1 aromatic carbocycles. The fourth-order valence-corrected chi connectivity index (χ4v) is 3.25. The summed E-state index contributed by atoms with van der Waals surface area (Å²) in [4.78, 5) is 14.0. The van der Waals surface area contributed by atoms with E-state index in [0.717, 1.165) is 18.2 Å². The maximum absolute atomic E-state index is 11.6. The zero-order chi connectivity index (χ0) is 12.7. The van der Waals surface area contributed by atoms with Gasteiger partial charge in [0.25, 0.3) is 0 Å². The highest BCUT2D eigenvalue weighted by Crippen LogP contribution is 2.40. The number of nitrogen functional groups attached to an aromatic ring is 1.